The first-order chi connectivity index (χ1) is 15.3. The number of aliphatic hydroxyl groups excluding tert-OH is 1. The smallest absolute Gasteiger partial charge is 0.295 e. The number of ketones is 1. The fourth-order valence-corrected chi connectivity index (χ4v) is 3.98. The molecule has 0 spiro atoms. The van der Waals surface area contributed by atoms with Crippen LogP contribution in [-0.4, -0.2) is 41.5 Å². The van der Waals surface area contributed by atoms with E-state index in [9.17, 15) is 14.7 Å². The summed E-state index contributed by atoms with van der Waals surface area (Å²) >= 11 is 6.33. The van der Waals surface area contributed by atoms with Gasteiger partial charge in [0.25, 0.3) is 11.7 Å². The van der Waals surface area contributed by atoms with E-state index in [1.54, 1.807) is 24.3 Å². The van der Waals surface area contributed by atoms with Gasteiger partial charge in [-0.3, -0.25) is 9.59 Å². The molecule has 0 radical (unpaired) electrons. The number of methoxy groups -OCH3 is 1. The van der Waals surface area contributed by atoms with Gasteiger partial charge in [-0.1, -0.05) is 37.1 Å². The Morgan fingerprint density at radius 2 is 1.91 bits per heavy atom. The fourth-order valence-electron chi connectivity index (χ4n) is 3.77. The zero-order valence-corrected chi connectivity index (χ0v) is 19.5. The number of amides is 1. The van der Waals surface area contributed by atoms with Crippen LogP contribution >= 0.6 is 11.6 Å². The summed E-state index contributed by atoms with van der Waals surface area (Å²) < 4.78 is 11.0. The monoisotopic (exact) mass is 457 g/mol. The molecule has 1 unspecified atom stereocenters. The Labute approximate surface area is 193 Å². The average Bonchev–Trinajstić information content (AvgIpc) is 3.02. The molecule has 2 aromatic rings. The molecule has 7 heteroatoms. The summed E-state index contributed by atoms with van der Waals surface area (Å²) in [5.74, 6) is -0.610. The number of Topliss-reactive ketones (excluding diaryl/α,β-unsaturated/α-hetero) is 1. The Kier molecular flexibility index (Phi) is 7.46. The van der Waals surface area contributed by atoms with Crippen LogP contribution < -0.4 is 9.47 Å². The number of hydrogen-bond donors (Lipinski definition) is 1. The Bertz CT molecular complexity index is 1050. The highest BCUT2D eigenvalue weighted by Gasteiger charge is 2.46. The summed E-state index contributed by atoms with van der Waals surface area (Å²) in [6.07, 6.45) is 1.55. The van der Waals surface area contributed by atoms with E-state index in [1.807, 2.05) is 39.0 Å². The van der Waals surface area contributed by atoms with Crippen molar-refractivity contribution < 1.29 is 24.2 Å². The second-order valence-corrected chi connectivity index (χ2v) is 8.34. The van der Waals surface area contributed by atoms with Gasteiger partial charge in [0.2, 0.25) is 0 Å². The van der Waals surface area contributed by atoms with Crippen LogP contribution in [0.5, 0.6) is 11.5 Å². The molecule has 0 saturated carbocycles. The first kappa shape index (κ1) is 23.7. The lowest BCUT2D eigenvalue weighted by molar-refractivity contribution is -0.139. The summed E-state index contributed by atoms with van der Waals surface area (Å²) in [5, 5.41) is 11.5. The van der Waals surface area contributed by atoms with Crippen LogP contribution in [0.4, 0.5) is 0 Å². The highest BCUT2D eigenvalue weighted by atomic mass is 35.5. The van der Waals surface area contributed by atoms with Gasteiger partial charge in [-0.05, 0) is 56.2 Å². The molecular weight excluding hydrogens is 430 g/mol. The second kappa shape index (κ2) is 10.1. The van der Waals surface area contributed by atoms with Crippen molar-refractivity contribution in [3.05, 3.63) is 64.2 Å². The van der Waals surface area contributed by atoms with Crippen LogP contribution in [0.3, 0.4) is 0 Å². The molecule has 170 valence electrons. The number of likely N-dealkylation sites (tertiary alicyclic amines) is 1. The van der Waals surface area contributed by atoms with Crippen molar-refractivity contribution in [2.24, 2.45) is 0 Å². The van der Waals surface area contributed by atoms with Crippen LogP contribution in [0.1, 0.15) is 50.8 Å². The molecule has 1 N–H and O–H groups in total. The topological polar surface area (TPSA) is 76.1 Å². The summed E-state index contributed by atoms with van der Waals surface area (Å²) in [7, 11) is 1.50. The molecule has 0 bridgehead atoms. The number of carbonyl (C=O) groups excluding carboxylic acids is 2. The number of nitrogens with zero attached hydrogens (tertiary/aromatic N) is 1. The first-order valence-corrected chi connectivity index (χ1v) is 11.0. The van der Waals surface area contributed by atoms with Crippen LogP contribution in [0.2, 0.25) is 5.02 Å². The molecule has 0 aliphatic carbocycles. The van der Waals surface area contributed by atoms with E-state index >= 15 is 0 Å². The molecule has 1 aliphatic rings. The quantitative estimate of drug-likeness (QED) is 0.328. The zero-order valence-electron chi connectivity index (χ0n) is 18.7. The zero-order chi connectivity index (χ0) is 23.4. The summed E-state index contributed by atoms with van der Waals surface area (Å²) in [5.41, 5.74) is 0.918. The lowest BCUT2D eigenvalue weighted by Crippen LogP contribution is -2.30. The normalized spacial score (nSPS) is 17.8. The minimum absolute atomic E-state index is 0.00273. The van der Waals surface area contributed by atoms with Gasteiger partial charge in [-0.15, -0.1) is 0 Å². The van der Waals surface area contributed by atoms with Gasteiger partial charge in [-0.25, -0.2) is 0 Å². The van der Waals surface area contributed by atoms with Crippen molar-refractivity contribution in [1.82, 2.24) is 4.90 Å². The van der Waals surface area contributed by atoms with E-state index in [0.717, 1.165) is 12.8 Å². The first-order valence-electron chi connectivity index (χ1n) is 10.7. The predicted molar refractivity (Wildman–Crippen MR) is 124 cm³/mol. The maximum atomic E-state index is 13.1. The third-order valence-electron chi connectivity index (χ3n) is 5.27. The lowest BCUT2D eigenvalue weighted by atomic mass is 9.95. The molecule has 1 saturated heterocycles. The van der Waals surface area contributed by atoms with Crippen molar-refractivity contribution in [1.29, 1.82) is 0 Å². The number of benzene rings is 2. The number of carbonyl (C=O) groups is 2. The van der Waals surface area contributed by atoms with Crippen molar-refractivity contribution in [2.75, 3.05) is 13.7 Å². The number of halogens is 1. The Balaban J connectivity index is 2.19. The number of hydrogen-bond acceptors (Lipinski definition) is 5. The molecule has 3 rings (SSSR count). The van der Waals surface area contributed by atoms with Gasteiger partial charge < -0.3 is 19.5 Å². The third kappa shape index (κ3) is 4.75. The maximum absolute atomic E-state index is 13.1. The molecule has 1 fully saturated rings. The Hall–Kier alpha value is -2.99. The maximum Gasteiger partial charge on any atom is 0.295 e. The number of ether oxygens (including phenoxy) is 2. The summed E-state index contributed by atoms with van der Waals surface area (Å²) in [4.78, 5) is 27.6. The van der Waals surface area contributed by atoms with E-state index in [2.05, 4.69) is 0 Å². The van der Waals surface area contributed by atoms with Gasteiger partial charge in [0.15, 0.2) is 0 Å². The average molecular weight is 458 g/mol. The van der Waals surface area contributed by atoms with Gasteiger partial charge in [-0.2, -0.15) is 0 Å². The van der Waals surface area contributed by atoms with E-state index in [0.29, 0.717) is 23.6 Å². The molecule has 1 aliphatic heterocycles. The van der Waals surface area contributed by atoms with Crippen molar-refractivity contribution in [3.63, 3.8) is 0 Å². The molecular formula is C25H28ClNO5. The number of aliphatic hydroxyl groups is 1. The molecule has 1 atom stereocenters. The van der Waals surface area contributed by atoms with Gasteiger partial charge in [0.05, 0.1) is 29.9 Å². The SMILES string of the molecule is CCCCN1C(=O)C(=O)/C(=C(/O)c2cc(OC)ccc2Cl)C1c1cccc(OC(C)C)c1. The van der Waals surface area contributed by atoms with Gasteiger partial charge in [0, 0.05) is 12.1 Å². The second-order valence-electron chi connectivity index (χ2n) is 7.93. The van der Waals surface area contributed by atoms with Crippen LogP contribution in [-0.2, 0) is 9.59 Å². The summed E-state index contributed by atoms with van der Waals surface area (Å²) in [6.45, 7) is 6.25. The lowest BCUT2D eigenvalue weighted by Gasteiger charge is -2.26. The minimum Gasteiger partial charge on any atom is -0.507 e. The van der Waals surface area contributed by atoms with E-state index in [4.69, 9.17) is 21.1 Å². The largest absolute Gasteiger partial charge is 0.507 e. The Morgan fingerprint density at radius 1 is 1.16 bits per heavy atom. The predicted octanol–water partition coefficient (Wildman–Crippen LogP) is 5.36. The molecule has 6 nitrogen and oxygen atoms in total. The standard InChI is InChI=1S/C25H28ClNO5/c1-5-6-12-27-22(16-8-7-9-18(13-16)32-15(2)3)21(24(29)25(27)30)23(28)19-14-17(31-4)10-11-20(19)26/h7-11,13-15,22,28H,5-6,12H2,1-4H3/b23-21+. The molecule has 2 aromatic carbocycles. The molecule has 1 heterocycles. The number of unbranched alkanes of at least 4 members (excludes halogenated alkanes) is 1. The molecule has 0 aromatic heterocycles. The van der Waals surface area contributed by atoms with E-state index in [1.165, 1.54) is 12.0 Å². The minimum atomic E-state index is -0.750. The van der Waals surface area contributed by atoms with Gasteiger partial charge >= 0.3 is 0 Å². The Morgan fingerprint density at radius 3 is 2.56 bits per heavy atom. The molecule has 32 heavy (non-hydrogen) atoms. The third-order valence-corrected chi connectivity index (χ3v) is 5.60. The van der Waals surface area contributed by atoms with Crippen LogP contribution in [0, 0.1) is 0 Å². The van der Waals surface area contributed by atoms with Crippen LogP contribution in [0.15, 0.2) is 48.0 Å². The van der Waals surface area contributed by atoms with Gasteiger partial charge in [0.1, 0.15) is 17.3 Å². The number of rotatable bonds is 8. The fraction of sp³-hybridized carbons (Fsp3) is 0.360. The van der Waals surface area contributed by atoms with Crippen molar-refractivity contribution >= 4 is 29.1 Å². The highest BCUT2D eigenvalue weighted by molar-refractivity contribution is 6.47. The van der Waals surface area contributed by atoms with Crippen molar-refractivity contribution in [3.8, 4) is 11.5 Å². The molecule has 1 amide bonds. The van der Waals surface area contributed by atoms with E-state index < -0.39 is 17.7 Å². The van der Waals surface area contributed by atoms with E-state index in [-0.39, 0.29) is 28.0 Å². The van der Waals surface area contributed by atoms with Crippen LogP contribution in [0.25, 0.3) is 5.76 Å². The van der Waals surface area contributed by atoms with Crippen molar-refractivity contribution in [2.45, 2.75) is 45.8 Å². The summed E-state index contributed by atoms with van der Waals surface area (Å²) in [6, 6.07) is 11.3. The highest BCUT2D eigenvalue weighted by Crippen LogP contribution is 2.42.